The summed E-state index contributed by atoms with van der Waals surface area (Å²) >= 11 is 2.54. The Morgan fingerprint density at radius 1 is 0.562 bits per heavy atom. The van der Waals surface area contributed by atoms with Crippen LogP contribution in [0.25, 0.3) is 0 Å². The second-order valence-corrected chi connectivity index (χ2v) is 12.0. The fourth-order valence-corrected chi connectivity index (χ4v) is 7.50. The van der Waals surface area contributed by atoms with Gasteiger partial charge in [-0.2, -0.15) is 0 Å². The maximum atomic E-state index is 2.54. The first kappa shape index (κ1) is 27.9. The number of nitrogens with zero attached hydrogens (tertiary/aromatic N) is 1. The molecule has 0 saturated heterocycles. The van der Waals surface area contributed by atoms with E-state index in [2.05, 4.69) is 83.0 Å². The summed E-state index contributed by atoms with van der Waals surface area (Å²) in [5.41, 5.74) is 12.7. The Morgan fingerprint density at radius 2 is 0.906 bits per heavy atom. The number of quaternary nitrogens is 1. The van der Waals surface area contributed by atoms with Gasteiger partial charge in [0.2, 0.25) is 0 Å². The van der Waals surface area contributed by atoms with Gasteiger partial charge in [0, 0.05) is 0 Å². The Kier molecular flexibility index (Phi) is 10.8. The summed E-state index contributed by atoms with van der Waals surface area (Å²) in [6, 6.07) is 0. The molecule has 0 fully saturated rings. The number of rotatable bonds is 13. The summed E-state index contributed by atoms with van der Waals surface area (Å²) in [6.45, 7) is 22.6. The molecule has 1 nitrogen and oxygen atoms in total. The van der Waals surface area contributed by atoms with Gasteiger partial charge in [-0.3, -0.25) is 0 Å². The van der Waals surface area contributed by atoms with Crippen LogP contribution < -0.4 is 0 Å². The number of hydrogen-bond donors (Lipinski definition) is 0. The normalized spacial score (nSPS) is 23.8. The fraction of sp³-hybridized carbons (Fsp3) is 0.733. The monoisotopic (exact) mass is 473 g/mol. The van der Waals surface area contributed by atoms with Crippen LogP contribution in [0, 0.1) is 11.8 Å². The van der Waals surface area contributed by atoms with Crippen molar-refractivity contribution >= 4 is 0 Å². The summed E-state index contributed by atoms with van der Waals surface area (Å²) in [6.07, 6.45) is 14.0. The van der Waals surface area contributed by atoms with Gasteiger partial charge in [0.15, 0.2) is 0 Å². The minimum atomic E-state index is 0.553. The first-order valence-corrected chi connectivity index (χ1v) is 14.2. The number of allylic oxidation sites excluding steroid dienone is 6. The minimum absolute atomic E-state index is 0.553. The van der Waals surface area contributed by atoms with Gasteiger partial charge in [-0.1, -0.05) is 6.92 Å². The van der Waals surface area contributed by atoms with Crippen molar-refractivity contribution in [1.29, 1.82) is 0 Å². The summed E-state index contributed by atoms with van der Waals surface area (Å²) in [5, 5.41) is 0. The standard InChI is InChI=1S/C30H51N.Ti/c1-10-11-12-13-14-15-16-17-18-19-20-31(29-25(6)21(2)22(3)26(29)7)30-27(8)23(4)24(5)28(30)9;/h25,27H,10-20H2,1-9H3;/q;+1. The van der Waals surface area contributed by atoms with Crippen molar-refractivity contribution in [3.63, 3.8) is 0 Å². The average molecular weight is 474 g/mol. The SMILES string of the molecule is CCCCCCCCCCCC[N+]([Ti])(C1=C(C)C(C)=C(C)C1C)C1=C(C)C(C)=C(C)C1C. The molecule has 0 radical (unpaired) electrons. The molecule has 2 rings (SSSR count). The molecule has 2 atom stereocenters. The third kappa shape index (κ3) is 5.82. The molecule has 2 unspecified atom stereocenters. The molecular formula is C30H51NTi+. The summed E-state index contributed by atoms with van der Waals surface area (Å²) < 4.78 is 1.04. The van der Waals surface area contributed by atoms with E-state index in [1.807, 2.05) is 0 Å². The van der Waals surface area contributed by atoms with Crippen LogP contribution in [0.2, 0.25) is 0 Å². The van der Waals surface area contributed by atoms with Gasteiger partial charge in [0.05, 0.1) is 0 Å². The summed E-state index contributed by atoms with van der Waals surface area (Å²) in [5.74, 6) is 1.11. The predicted molar refractivity (Wildman–Crippen MR) is 137 cm³/mol. The molecule has 0 N–H and O–H groups in total. The molecule has 2 aliphatic rings. The van der Waals surface area contributed by atoms with Crippen LogP contribution in [-0.2, 0) is 20.7 Å². The molecule has 0 aromatic heterocycles. The zero-order valence-electron chi connectivity index (χ0n) is 22.9. The zero-order chi connectivity index (χ0) is 24.1. The molecule has 32 heavy (non-hydrogen) atoms. The van der Waals surface area contributed by atoms with Gasteiger partial charge in [-0.15, -0.1) is 0 Å². The van der Waals surface area contributed by atoms with Crippen molar-refractivity contribution in [1.82, 2.24) is 0 Å². The van der Waals surface area contributed by atoms with E-state index in [1.54, 1.807) is 33.7 Å². The second-order valence-electron chi connectivity index (χ2n) is 10.8. The van der Waals surface area contributed by atoms with E-state index >= 15 is 0 Å². The molecule has 0 aromatic rings. The van der Waals surface area contributed by atoms with E-state index < -0.39 is 0 Å². The molecule has 2 aliphatic carbocycles. The van der Waals surface area contributed by atoms with Crippen molar-refractivity contribution in [3.8, 4) is 0 Å². The van der Waals surface area contributed by atoms with Crippen LogP contribution in [0.3, 0.4) is 0 Å². The van der Waals surface area contributed by atoms with Crippen molar-refractivity contribution < 1.29 is 23.7 Å². The van der Waals surface area contributed by atoms with E-state index in [0.717, 1.165) is 2.97 Å². The van der Waals surface area contributed by atoms with Crippen LogP contribution in [0.1, 0.15) is 127 Å². The van der Waals surface area contributed by atoms with Crippen molar-refractivity contribution in [2.75, 3.05) is 6.54 Å². The fourth-order valence-electron chi connectivity index (χ4n) is 6.13. The van der Waals surface area contributed by atoms with Crippen molar-refractivity contribution in [2.24, 2.45) is 11.8 Å². The molecule has 0 aromatic carbocycles. The summed E-state index contributed by atoms with van der Waals surface area (Å²) in [4.78, 5) is 0. The van der Waals surface area contributed by atoms with Crippen LogP contribution in [0.15, 0.2) is 44.8 Å². The van der Waals surface area contributed by atoms with Crippen LogP contribution in [0.5, 0.6) is 0 Å². The quantitative estimate of drug-likeness (QED) is 0.184. The van der Waals surface area contributed by atoms with Gasteiger partial charge < -0.3 is 0 Å². The van der Waals surface area contributed by atoms with Gasteiger partial charge in [0.1, 0.15) is 0 Å². The van der Waals surface area contributed by atoms with E-state index in [-0.39, 0.29) is 0 Å². The van der Waals surface area contributed by atoms with E-state index in [4.69, 9.17) is 0 Å². The average Bonchev–Trinajstić information content (AvgIpc) is 3.08. The molecule has 2 heteroatoms. The Balaban J connectivity index is 2.10. The van der Waals surface area contributed by atoms with E-state index in [9.17, 15) is 0 Å². The third-order valence-corrected chi connectivity index (χ3v) is 9.97. The van der Waals surface area contributed by atoms with Crippen LogP contribution in [0.4, 0.5) is 0 Å². The molecule has 0 heterocycles. The molecule has 0 saturated carbocycles. The first-order chi connectivity index (χ1) is 15.1. The molecule has 0 bridgehead atoms. The Hall–Kier alpha value is -0.366. The van der Waals surface area contributed by atoms with Crippen LogP contribution in [-0.4, -0.2) is 9.51 Å². The molecule has 0 amide bonds. The molecule has 0 aliphatic heterocycles. The number of hydrogen-bond acceptors (Lipinski definition) is 0. The van der Waals surface area contributed by atoms with E-state index in [0.29, 0.717) is 11.8 Å². The maximum absolute atomic E-state index is 2.54. The first-order valence-electron chi connectivity index (χ1n) is 13.5. The molecule has 0 spiro atoms. The van der Waals surface area contributed by atoms with Gasteiger partial charge in [0.25, 0.3) is 0 Å². The topological polar surface area (TPSA) is 0 Å². The third-order valence-electron chi connectivity index (χ3n) is 8.87. The Morgan fingerprint density at radius 3 is 1.22 bits per heavy atom. The molecular weight excluding hydrogens is 422 g/mol. The zero-order valence-corrected chi connectivity index (χ0v) is 24.4. The van der Waals surface area contributed by atoms with Gasteiger partial charge in [-0.05, 0) is 0 Å². The van der Waals surface area contributed by atoms with Crippen LogP contribution >= 0.6 is 0 Å². The summed E-state index contributed by atoms with van der Waals surface area (Å²) in [7, 11) is 0. The predicted octanol–water partition coefficient (Wildman–Crippen LogP) is 9.71. The Bertz CT molecular complexity index is 740. The second kappa shape index (κ2) is 12.4. The van der Waals surface area contributed by atoms with E-state index in [1.165, 1.54) is 81.9 Å². The van der Waals surface area contributed by atoms with Gasteiger partial charge >= 0.3 is 206 Å². The number of unbranched alkanes of at least 4 members (excludes halogenated alkanes) is 9. The van der Waals surface area contributed by atoms with Gasteiger partial charge in [-0.25, -0.2) is 0 Å². The molecule has 179 valence electrons. The van der Waals surface area contributed by atoms with Crippen molar-refractivity contribution in [2.45, 2.75) is 127 Å². The van der Waals surface area contributed by atoms with Crippen molar-refractivity contribution in [3.05, 3.63) is 44.8 Å². The Labute approximate surface area is 212 Å².